The molecule has 0 saturated carbocycles. The minimum Gasteiger partial charge on any atom is -0.457 e. The van der Waals surface area contributed by atoms with Crippen molar-refractivity contribution in [3.05, 3.63) is 72.3 Å². The first-order valence-electron chi connectivity index (χ1n) is 18.8. The number of hydrogen-bond acceptors (Lipinski definition) is 11. The number of carbonyl (C=O) groups is 1. The maximum absolute atomic E-state index is 15.7. The molecule has 0 aliphatic carbocycles. The van der Waals surface area contributed by atoms with Gasteiger partial charge >= 0.3 is 0 Å². The highest BCUT2D eigenvalue weighted by atomic mass is 32.2. The van der Waals surface area contributed by atoms with Crippen molar-refractivity contribution in [2.45, 2.75) is 57.2 Å². The van der Waals surface area contributed by atoms with E-state index in [1.807, 2.05) is 18.2 Å². The van der Waals surface area contributed by atoms with Gasteiger partial charge < -0.3 is 20.1 Å². The van der Waals surface area contributed by atoms with Crippen LogP contribution in [0.25, 0.3) is 22.3 Å². The Balaban J connectivity index is 0.959. The first-order valence-corrected chi connectivity index (χ1v) is 19.9. The maximum atomic E-state index is 15.7. The molecule has 0 unspecified atom stereocenters. The second kappa shape index (κ2) is 16.9. The first kappa shape index (κ1) is 37.8. The van der Waals surface area contributed by atoms with Crippen molar-refractivity contribution in [2.24, 2.45) is 0 Å². The highest BCUT2D eigenvalue weighted by molar-refractivity contribution is 7.99. The van der Waals surface area contributed by atoms with E-state index in [1.165, 1.54) is 12.4 Å². The van der Waals surface area contributed by atoms with Crippen LogP contribution in [0.3, 0.4) is 0 Å². The molecule has 1 atom stereocenters. The van der Waals surface area contributed by atoms with Crippen molar-refractivity contribution in [3.8, 4) is 28.8 Å². The van der Waals surface area contributed by atoms with E-state index in [0.29, 0.717) is 59.5 Å². The van der Waals surface area contributed by atoms with Gasteiger partial charge in [0, 0.05) is 62.2 Å². The van der Waals surface area contributed by atoms with Crippen molar-refractivity contribution in [3.63, 3.8) is 0 Å². The monoisotopic (exact) mass is 753 g/mol. The number of nitrogens with two attached hydrogens (primary N) is 1. The number of nitrogens with zero attached hydrogens (tertiary/aromatic N) is 8. The summed E-state index contributed by atoms with van der Waals surface area (Å²) in [7, 11) is 0. The SMILES string of the molecule is CC(C)(CCCSC/C=C(\C#N)C(=O)N1CCC[C@@H](n2nc(-c3ccc(Oc4ccccc4)cc3F)c3c(N)ncnc32)C1)N1CCN(C2COC2)CC1. The zero-order chi connectivity index (χ0) is 37.7. The highest BCUT2D eigenvalue weighted by Gasteiger charge is 2.34. The number of anilines is 1. The van der Waals surface area contributed by atoms with Gasteiger partial charge in [-0.3, -0.25) is 14.6 Å². The molecule has 0 bridgehead atoms. The van der Waals surface area contributed by atoms with Crippen LogP contribution in [-0.2, 0) is 9.53 Å². The normalized spacial score (nSPS) is 19.1. The van der Waals surface area contributed by atoms with Crippen molar-refractivity contribution < 1.29 is 18.7 Å². The minimum absolute atomic E-state index is 0.131. The summed E-state index contributed by atoms with van der Waals surface area (Å²) in [6, 6.07) is 16.3. The fraction of sp³-hybridized carbons (Fsp3) is 0.475. The number of benzene rings is 2. The topological polar surface area (TPSA) is 139 Å². The van der Waals surface area contributed by atoms with Gasteiger partial charge in [-0.15, -0.1) is 0 Å². The van der Waals surface area contributed by atoms with Crippen LogP contribution < -0.4 is 10.5 Å². The molecular weight excluding hydrogens is 706 g/mol. The lowest BCUT2D eigenvalue weighted by molar-refractivity contribution is -0.128. The van der Waals surface area contributed by atoms with Crippen LogP contribution in [0.2, 0.25) is 0 Å². The van der Waals surface area contributed by atoms with Crippen molar-refractivity contribution in [1.29, 1.82) is 5.26 Å². The number of likely N-dealkylation sites (tertiary alicyclic amines) is 1. The zero-order valence-electron chi connectivity index (χ0n) is 31.0. The fourth-order valence-corrected chi connectivity index (χ4v) is 8.42. The molecular formula is C40H48FN9O3S. The van der Waals surface area contributed by atoms with E-state index < -0.39 is 5.82 Å². The number of hydrogen-bond donors (Lipinski definition) is 1. The standard InChI is InChI=1S/C40H48FN9O3S/c1-40(2,49-18-16-47(17-19-49)30-25-52-26-30)14-7-20-54-21-13-28(23-42)39(51)48-15-6-8-29(24-48)50-38-35(37(43)44-27-45-38)36(46-50)33-12-11-32(22-34(33)41)53-31-9-4-3-5-10-31/h3-5,9-13,22,27,29-30H,6-8,14-21,24-26H2,1-2H3,(H2,43,44,45)/b28-13+/t29-/m1/s1. The van der Waals surface area contributed by atoms with Crippen molar-refractivity contribution >= 4 is 34.5 Å². The lowest BCUT2D eigenvalue weighted by Crippen LogP contribution is -2.60. The molecule has 1 amide bonds. The summed E-state index contributed by atoms with van der Waals surface area (Å²) < 4.78 is 28.6. The van der Waals surface area contributed by atoms with Crippen LogP contribution in [-0.4, -0.2) is 116 Å². The lowest BCUT2D eigenvalue weighted by Gasteiger charge is -2.47. The molecule has 4 aromatic rings. The van der Waals surface area contributed by atoms with Gasteiger partial charge in [-0.1, -0.05) is 24.3 Å². The predicted octanol–water partition coefficient (Wildman–Crippen LogP) is 5.93. The van der Waals surface area contributed by atoms with Gasteiger partial charge in [-0.05, 0) is 69.5 Å². The molecule has 0 spiro atoms. The smallest absolute Gasteiger partial charge is 0.264 e. The number of halogens is 1. The number of piperazine rings is 1. The Labute approximate surface area is 320 Å². The Morgan fingerprint density at radius 1 is 1.09 bits per heavy atom. The van der Waals surface area contributed by atoms with Gasteiger partial charge in [0.1, 0.15) is 46.8 Å². The number of thioether (sulfide) groups is 1. The number of ether oxygens (including phenoxy) is 2. The Morgan fingerprint density at radius 2 is 1.89 bits per heavy atom. The molecule has 3 aliphatic rings. The van der Waals surface area contributed by atoms with E-state index >= 15 is 4.39 Å². The van der Waals surface area contributed by atoms with Crippen molar-refractivity contribution in [2.75, 3.05) is 69.7 Å². The number of rotatable bonds is 13. The predicted molar refractivity (Wildman–Crippen MR) is 209 cm³/mol. The largest absolute Gasteiger partial charge is 0.457 e. The third-order valence-electron chi connectivity index (χ3n) is 10.9. The molecule has 0 radical (unpaired) electrons. The van der Waals surface area contributed by atoms with Gasteiger partial charge in [0.05, 0.1) is 30.7 Å². The molecule has 2 aromatic carbocycles. The number of nitriles is 1. The summed E-state index contributed by atoms with van der Waals surface area (Å²) in [5, 5.41) is 15.3. The summed E-state index contributed by atoms with van der Waals surface area (Å²) in [6.45, 7) is 11.6. The summed E-state index contributed by atoms with van der Waals surface area (Å²) in [6.07, 6.45) is 6.71. The van der Waals surface area contributed by atoms with Crippen molar-refractivity contribution in [1.82, 2.24) is 34.4 Å². The first-order chi connectivity index (χ1) is 26.2. The van der Waals surface area contributed by atoms with Crippen LogP contribution in [0.5, 0.6) is 11.5 Å². The molecule has 2 N–H and O–H groups in total. The van der Waals surface area contributed by atoms with E-state index in [1.54, 1.807) is 51.7 Å². The number of amides is 1. The number of aromatic nitrogens is 4. The molecule has 284 valence electrons. The Kier molecular flexibility index (Phi) is 11.8. The molecule has 3 fully saturated rings. The summed E-state index contributed by atoms with van der Waals surface area (Å²) >= 11 is 1.75. The van der Waals surface area contributed by atoms with E-state index in [-0.39, 0.29) is 34.4 Å². The Hall–Kier alpha value is -4.55. The number of fused-ring (bicyclic) bond motifs is 1. The molecule has 54 heavy (non-hydrogen) atoms. The maximum Gasteiger partial charge on any atom is 0.264 e. The van der Waals surface area contributed by atoms with Gasteiger partial charge in [-0.2, -0.15) is 22.1 Å². The fourth-order valence-electron chi connectivity index (χ4n) is 7.62. The van der Waals surface area contributed by atoms with Gasteiger partial charge in [0.15, 0.2) is 5.65 Å². The second-order valence-electron chi connectivity index (χ2n) is 14.8. The van der Waals surface area contributed by atoms with E-state index in [9.17, 15) is 10.1 Å². The highest BCUT2D eigenvalue weighted by Crippen LogP contribution is 2.36. The van der Waals surface area contributed by atoms with E-state index in [2.05, 4.69) is 39.7 Å². The second-order valence-corrected chi connectivity index (χ2v) is 15.9. The molecule has 14 heteroatoms. The van der Waals surface area contributed by atoms with Crippen LogP contribution in [0, 0.1) is 17.1 Å². The van der Waals surface area contributed by atoms with Crippen LogP contribution in [0.4, 0.5) is 10.2 Å². The van der Waals surface area contributed by atoms with Gasteiger partial charge in [0.2, 0.25) is 0 Å². The van der Waals surface area contributed by atoms with Gasteiger partial charge in [-0.25, -0.2) is 19.0 Å². The number of piperidine rings is 1. The van der Waals surface area contributed by atoms with Gasteiger partial charge in [0.25, 0.3) is 5.91 Å². The van der Waals surface area contributed by atoms with E-state index in [4.69, 9.17) is 20.3 Å². The molecule has 7 rings (SSSR count). The molecule has 5 heterocycles. The third-order valence-corrected chi connectivity index (χ3v) is 11.8. The summed E-state index contributed by atoms with van der Waals surface area (Å²) in [5.41, 5.74) is 7.63. The number of carbonyl (C=O) groups excluding carboxylic acids is 1. The number of para-hydroxylation sites is 1. The number of nitrogen functional groups attached to an aromatic ring is 1. The molecule has 2 aromatic heterocycles. The molecule has 3 aliphatic heterocycles. The minimum atomic E-state index is -0.530. The third kappa shape index (κ3) is 8.39. The zero-order valence-corrected chi connectivity index (χ0v) is 31.8. The van der Waals surface area contributed by atoms with E-state index in [0.717, 1.165) is 64.4 Å². The van der Waals surface area contributed by atoms with Crippen LogP contribution in [0.1, 0.15) is 45.6 Å². The Bertz CT molecular complexity index is 2000. The molecule has 12 nitrogen and oxygen atoms in total. The quantitative estimate of drug-likeness (QED) is 0.0988. The average molecular weight is 754 g/mol. The summed E-state index contributed by atoms with van der Waals surface area (Å²) in [5.74, 6) is 1.86. The average Bonchev–Trinajstić information content (AvgIpc) is 3.55. The van der Waals surface area contributed by atoms with Crippen LogP contribution in [0.15, 0.2) is 66.5 Å². The molecule has 3 saturated heterocycles. The van der Waals surface area contributed by atoms with Crippen LogP contribution >= 0.6 is 11.8 Å². The summed E-state index contributed by atoms with van der Waals surface area (Å²) in [4.78, 5) is 29.2. The Morgan fingerprint density at radius 3 is 2.61 bits per heavy atom. The lowest BCUT2D eigenvalue weighted by atomic mass is 9.95.